The third kappa shape index (κ3) is 33.0. The van der Waals surface area contributed by atoms with Crippen LogP contribution in [0, 0.1) is 11.8 Å². The first-order valence-corrected chi connectivity index (χ1v) is 24.9. The van der Waals surface area contributed by atoms with Crippen molar-refractivity contribution in [1.29, 1.82) is 0 Å². The lowest BCUT2D eigenvalue weighted by Gasteiger charge is -2.28. The number of allylic oxidation sites excluding steroid dienone is 12. The molecule has 1 rings (SSSR count). The molecule has 13 heteroatoms. The number of likely N-dealkylation sites (N-methyl/N-ethyl adjacent to an activating group) is 1. The second kappa shape index (κ2) is 36.1. The fourth-order valence-corrected chi connectivity index (χ4v) is 7.27. The van der Waals surface area contributed by atoms with Crippen LogP contribution in [0.4, 0.5) is 0 Å². The van der Waals surface area contributed by atoms with E-state index in [-0.39, 0.29) is 50.1 Å². The van der Waals surface area contributed by atoms with Crippen molar-refractivity contribution in [2.24, 2.45) is 11.8 Å². The van der Waals surface area contributed by atoms with E-state index in [1.165, 1.54) is 0 Å². The van der Waals surface area contributed by atoms with E-state index in [0.29, 0.717) is 43.1 Å². The van der Waals surface area contributed by atoms with Crippen LogP contribution in [0.15, 0.2) is 85.1 Å². The van der Waals surface area contributed by atoms with Gasteiger partial charge in [0.2, 0.25) is 0 Å². The molecule has 0 amide bonds. The molecule has 6 atom stereocenters. The zero-order valence-corrected chi connectivity index (χ0v) is 40.1. The SMILES string of the molecule is CC/C=C\C/C=C\C/C=C\C/C=C\C/C=C\CCCCCC(=O)O[C@H](COC(=O)CCC/C=C\C[C@H]1C(=O)C[C@@H](O)[C@@H]1/C=C/[C@@H](O)CCCCC)COP(=O)([O-])OCC[N+](C)(C)C. The van der Waals surface area contributed by atoms with Crippen LogP contribution in [0.1, 0.15) is 136 Å². The lowest BCUT2D eigenvalue weighted by atomic mass is 9.90. The van der Waals surface area contributed by atoms with Gasteiger partial charge in [-0.05, 0) is 77.0 Å². The highest BCUT2D eigenvalue weighted by Gasteiger charge is 2.39. The number of carbonyl (C=O) groups is 3. The van der Waals surface area contributed by atoms with E-state index in [1.54, 1.807) is 12.2 Å². The second-order valence-electron chi connectivity index (χ2n) is 17.2. The maximum atomic E-state index is 12.7. The largest absolute Gasteiger partial charge is 0.756 e. The Bertz CT molecular complexity index is 1510. The Balaban J connectivity index is 2.51. The van der Waals surface area contributed by atoms with Crippen LogP contribution in [0.5, 0.6) is 0 Å². The first kappa shape index (κ1) is 57.8. The van der Waals surface area contributed by atoms with Gasteiger partial charge in [-0.3, -0.25) is 18.9 Å². The van der Waals surface area contributed by atoms with E-state index in [1.807, 2.05) is 33.3 Å². The minimum Gasteiger partial charge on any atom is -0.756 e. The quantitative estimate of drug-likeness (QED) is 0.0200. The van der Waals surface area contributed by atoms with Crippen molar-refractivity contribution in [2.75, 3.05) is 47.5 Å². The van der Waals surface area contributed by atoms with E-state index in [4.69, 9.17) is 18.5 Å². The lowest BCUT2D eigenvalue weighted by Crippen LogP contribution is -2.37. The van der Waals surface area contributed by atoms with Crippen LogP contribution in [0.2, 0.25) is 0 Å². The number of Topliss-reactive ketones (excluding diaryl/α,β-unsaturated/α-hetero) is 1. The molecule has 0 aliphatic heterocycles. The molecule has 1 aliphatic rings. The number of nitrogens with zero attached hydrogens (tertiary/aromatic N) is 1. The van der Waals surface area contributed by atoms with Crippen LogP contribution in [0.3, 0.4) is 0 Å². The van der Waals surface area contributed by atoms with Crippen molar-refractivity contribution in [3.05, 3.63) is 85.1 Å². The number of rotatable bonds is 37. The summed E-state index contributed by atoms with van der Waals surface area (Å²) in [7, 11) is 0.979. The van der Waals surface area contributed by atoms with E-state index in [9.17, 15) is 34.1 Å². The number of aliphatic hydroxyl groups is 2. The summed E-state index contributed by atoms with van der Waals surface area (Å²) in [4.78, 5) is 50.4. The van der Waals surface area contributed by atoms with Gasteiger partial charge in [-0.15, -0.1) is 0 Å². The van der Waals surface area contributed by atoms with Crippen molar-refractivity contribution < 1.29 is 57.1 Å². The van der Waals surface area contributed by atoms with Gasteiger partial charge in [0, 0.05) is 31.1 Å². The normalized spacial score (nSPS) is 19.6. The van der Waals surface area contributed by atoms with Crippen molar-refractivity contribution in [3.63, 3.8) is 0 Å². The van der Waals surface area contributed by atoms with Gasteiger partial charge in [0.25, 0.3) is 7.82 Å². The van der Waals surface area contributed by atoms with Gasteiger partial charge in [0.15, 0.2) is 6.10 Å². The maximum absolute atomic E-state index is 12.7. The van der Waals surface area contributed by atoms with Crippen molar-refractivity contribution in [3.8, 4) is 0 Å². The van der Waals surface area contributed by atoms with Gasteiger partial charge in [0.1, 0.15) is 25.5 Å². The Kier molecular flexibility index (Phi) is 33.1. The number of esters is 2. The van der Waals surface area contributed by atoms with Crippen LogP contribution in [-0.4, -0.2) is 98.2 Å². The fraction of sp³-hybridized carbons (Fsp3) is 0.660. The number of phosphoric acid groups is 1. The van der Waals surface area contributed by atoms with Gasteiger partial charge in [-0.1, -0.05) is 125 Å². The molecule has 0 bridgehead atoms. The van der Waals surface area contributed by atoms with Gasteiger partial charge in [0.05, 0.1) is 40.0 Å². The number of phosphoric ester groups is 1. The minimum atomic E-state index is -4.71. The average Bonchev–Trinajstić information content (AvgIpc) is 3.50. The number of quaternary nitrogens is 1. The number of hydrogen-bond donors (Lipinski definition) is 2. The molecular formula is C50H82NO11P. The smallest absolute Gasteiger partial charge is 0.306 e. The summed E-state index contributed by atoms with van der Waals surface area (Å²) in [5.41, 5.74) is 0. The average molecular weight is 904 g/mol. The molecule has 358 valence electrons. The van der Waals surface area contributed by atoms with Crippen LogP contribution >= 0.6 is 7.82 Å². The van der Waals surface area contributed by atoms with E-state index in [0.717, 1.165) is 70.6 Å². The van der Waals surface area contributed by atoms with Gasteiger partial charge in [-0.2, -0.15) is 0 Å². The Morgan fingerprint density at radius 1 is 0.778 bits per heavy atom. The Hall–Kier alpha value is -3.22. The summed E-state index contributed by atoms with van der Waals surface area (Å²) in [6.07, 6.45) is 39.8. The third-order valence-corrected chi connectivity index (χ3v) is 11.2. The number of aliphatic hydroxyl groups excluding tert-OH is 2. The highest BCUT2D eigenvalue weighted by Crippen LogP contribution is 2.38. The fourth-order valence-electron chi connectivity index (χ4n) is 6.54. The molecule has 1 unspecified atom stereocenters. The minimum absolute atomic E-state index is 0.00798. The number of unbranched alkanes of at least 4 members (excludes halogenated alkanes) is 6. The van der Waals surface area contributed by atoms with Crippen molar-refractivity contribution >= 4 is 25.5 Å². The van der Waals surface area contributed by atoms with E-state index >= 15 is 0 Å². The van der Waals surface area contributed by atoms with Crippen LogP contribution in [-0.2, 0) is 37.5 Å². The zero-order chi connectivity index (χ0) is 46.6. The second-order valence-corrected chi connectivity index (χ2v) is 18.6. The first-order chi connectivity index (χ1) is 30.2. The van der Waals surface area contributed by atoms with Gasteiger partial charge in [-0.25, -0.2) is 0 Å². The summed E-state index contributed by atoms with van der Waals surface area (Å²) in [5, 5.41) is 20.7. The van der Waals surface area contributed by atoms with E-state index in [2.05, 4.69) is 74.6 Å². The summed E-state index contributed by atoms with van der Waals surface area (Å²) in [5.74, 6) is -1.81. The number of ether oxygens (including phenoxy) is 2. The maximum Gasteiger partial charge on any atom is 0.306 e. The summed E-state index contributed by atoms with van der Waals surface area (Å²) >= 11 is 0. The number of hydrogen-bond acceptors (Lipinski definition) is 11. The molecule has 0 aromatic rings. The number of carbonyl (C=O) groups excluding carboxylic acids is 3. The lowest BCUT2D eigenvalue weighted by molar-refractivity contribution is -0.870. The Morgan fingerprint density at radius 3 is 2.02 bits per heavy atom. The third-order valence-electron chi connectivity index (χ3n) is 10.3. The summed E-state index contributed by atoms with van der Waals surface area (Å²) < 4.78 is 33.8. The number of ketones is 1. The monoisotopic (exact) mass is 904 g/mol. The summed E-state index contributed by atoms with van der Waals surface area (Å²) in [6.45, 7) is 3.64. The molecule has 0 heterocycles. The molecule has 0 radical (unpaired) electrons. The molecular weight excluding hydrogens is 822 g/mol. The van der Waals surface area contributed by atoms with E-state index < -0.39 is 44.7 Å². The summed E-state index contributed by atoms with van der Waals surface area (Å²) in [6, 6.07) is 0. The highest BCUT2D eigenvalue weighted by molar-refractivity contribution is 7.45. The molecule has 12 nitrogen and oxygen atoms in total. The molecule has 0 aromatic carbocycles. The topological polar surface area (TPSA) is 169 Å². The standard InChI is InChI=1S/C50H82NO11P/c1-6-8-10-11-12-13-14-15-16-17-18-19-20-21-22-23-24-25-31-35-50(56)62-44(42-61-63(57,58)60-39-38-51(3,4)5)41-59-49(55)34-30-27-26-29-33-45-46(48(54)40-47(45)53)37-36-43(52)32-28-9-7-2/h8,10,12-13,15-16,18-19,21-22,26,29,36-37,43-46,48,52,54H,6-7,9,11,14,17,20,23-25,27-28,30-35,38-42H2,1-5H3/b10-8-,13-12-,16-15-,19-18-,22-21-,29-26-,37-36+/t43-,44+,45+,46+,48+/m0/s1. The molecule has 2 N–H and O–H groups in total. The predicted molar refractivity (Wildman–Crippen MR) is 250 cm³/mol. The molecule has 1 fully saturated rings. The molecule has 1 aliphatic carbocycles. The molecule has 63 heavy (non-hydrogen) atoms. The zero-order valence-electron chi connectivity index (χ0n) is 39.2. The Labute approximate surface area is 380 Å². The van der Waals surface area contributed by atoms with Gasteiger partial charge >= 0.3 is 11.9 Å². The van der Waals surface area contributed by atoms with Crippen molar-refractivity contribution in [1.82, 2.24) is 0 Å². The van der Waals surface area contributed by atoms with Crippen LogP contribution < -0.4 is 4.89 Å². The first-order valence-electron chi connectivity index (χ1n) is 23.4. The highest BCUT2D eigenvalue weighted by atomic mass is 31.2. The molecule has 0 aromatic heterocycles. The van der Waals surface area contributed by atoms with Gasteiger partial charge < -0.3 is 38.1 Å². The molecule has 0 saturated heterocycles. The molecule has 0 spiro atoms. The predicted octanol–water partition coefficient (Wildman–Crippen LogP) is 9.53. The van der Waals surface area contributed by atoms with Crippen LogP contribution in [0.25, 0.3) is 0 Å². The van der Waals surface area contributed by atoms with Crippen molar-refractivity contribution in [2.45, 2.75) is 154 Å². The molecule has 1 saturated carbocycles. The Morgan fingerprint density at radius 2 is 1.38 bits per heavy atom.